The summed E-state index contributed by atoms with van der Waals surface area (Å²) in [5, 5.41) is 2.65. The highest BCUT2D eigenvalue weighted by Crippen LogP contribution is 2.64. The monoisotopic (exact) mass is 781 g/mol. The van der Waals surface area contributed by atoms with Crippen molar-refractivity contribution >= 4 is 48.6 Å². The zero-order valence-electron chi connectivity index (χ0n) is 33.4. The molecule has 13 rings (SSSR count). The van der Waals surface area contributed by atoms with Gasteiger partial charge in [-0.3, -0.25) is 0 Å². The Morgan fingerprint density at radius 3 is 1.60 bits per heavy atom. The van der Waals surface area contributed by atoms with Crippen LogP contribution in [0.2, 0.25) is 0 Å². The normalized spacial score (nSPS) is 14.4. The molecule has 0 unspecified atom stereocenters. The first kappa shape index (κ1) is 33.9. The number of rotatable bonds is 4. The summed E-state index contributed by atoms with van der Waals surface area (Å²) in [4.78, 5) is 2.53. The highest BCUT2D eigenvalue weighted by Gasteiger charge is 2.51. The lowest BCUT2D eigenvalue weighted by molar-refractivity contribution is 0.660. The van der Waals surface area contributed by atoms with Gasteiger partial charge < -0.3 is 4.90 Å². The molecule has 1 aromatic heterocycles. The van der Waals surface area contributed by atoms with E-state index < -0.39 is 5.41 Å². The van der Waals surface area contributed by atoms with E-state index in [-0.39, 0.29) is 5.41 Å². The summed E-state index contributed by atoms with van der Waals surface area (Å²) in [7, 11) is 0. The third-order valence-electron chi connectivity index (χ3n) is 13.9. The summed E-state index contributed by atoms with van der Waals surface area (Å²) < 4.78 is 2.66. The quantitative estimate of drug-likeness (QED) is 0.172. The maximum atomic E-state index is 2.53. The molecule has 0 atom stereocenters. The Morgan fingerprint density at radius 1 is 0.383 bits per heavy atom. The Labute approximate surface area is 354 Å². The maximum absolute atomic E-state index is 2.53. The van der Waals surface area contributed by atoms with E-state index in [9.17, 15) is 0 Å². The van der Waals surface area contributed by atoms with Crippen molar-refractivity contribution in [1.29, 1.82) is 0 Å². The van der Waals surface area contributed by atoms with E-state index in [0.29, 0.717) is 0 Å². The summed E-state index contributed by atoms with van der Waals surface area (Å²) in [5.41, 5.74) is 21.5. The number of hydrogen-bond donors (Lipinski definition) is 0. The van der Waals surface area contributed by atoms with E-state index in [2.05, 4.69) is 219 Å². The zero-order valence-corrected chi connectivity index (χ0v) is 34.2. The van der Waals surface area contributed by atoms with E-state index in [1.54, 1.807) is 0 Å². The topological polar surface area (TPSA) is 3.24 Å². The Hall–Kier alpha value is -7.00. The highest BCUT2D eigenvalue weighted by atomic mass is 32.1. The Balaban J connectivity index is 1.06. The number of hydrogen-bond acceptors (Lipinski definition) is 2. The van der Waals surface area contributed by atoms with Gasteiger partial charge in [-0.05, 0) is 109 Å². The molecule has 3 aliphatic rings. The predicted octanol–water partition coefficient (Wildman–Crippen LogP) is 15.8. The smallest absolute Gasteiger partial charge is 0.0726 e. The third-order valence-corrected chi connectivity index (χ3v) is 15.1. The Kier molecular flexibility index (Phi) is 6.94. The third kappa shape index (κ3) is 4.36. The molecule has 0 fully saturated rings. The van der Waals surface area contributed by atoms with Crippen molar-refractivity contribution in [2.45, 2.75) is 24.7 Å². The van der Waals surface area contributed by atoms with Crippen LogP contribution in [0.5, 0.6) is 0 Å². The summed E-state index contributed by atoms with van der Waals surface area (Å²) in [6.07, 6.45) is 0. The van der Waals surface area contributed by atoms with Crippen molar-refractivity contribution < 1.29 is 0 Å². The molecule has 282 valence electrons. The van der Waals surface area contributed by atoms with Crippen molar-refractivity contribution in [2.75, 3.05) is 4.90 Å². The van der Waals surface area contributed by atoms with Gasteiger partial charge in [0.2, 0.25) is 0 Å². The highest BCUT2D eigenvalue weighted by molar-refractivity contribution is 7.26. The summed E-state index contributed by atoms with van der Waals surface area (Å²) >= 11 is 1.89. The van der Waals surface area contributed by atoms with Gasteiger partial charge in [-0.15, -0.1) is 11.3 Å². The molecule has 1 spiro atoms. The molecule has 2 heteroatoms. The van der Waals surface area contributed by atoms with Crippen molar-refractivity contribution in [3.63, 3.8) is 0 Å². The van der Waals surface area contributed by atoms with Crippen molar-refractivity contribution in [2.24, 2.45) is 0 Å². The SMILES string of the molecule is CC1(C)c2ccccc2-c2c(N(c3ccc(-c4cccc5c4sc4ccccc45)cc3)c3ccc4c(c3)C3(c5ccccc5-c5ccccc53)c3ccccc3-4)cccc21. The first-order valence-electron chi connectivity index (χ1n) is 21.0. The average Bonchev–Trinajstić information content (AvgIpc) is 3.99. The number of benzene rings is 9. The lowest BCUT2D eigenvalue weighted by Gasteiger charge is -2.33. The molecule has 1 heterocycles. The minimum atomic E-state index is -0.430. The molecule has 0 radical (unpaired) electrons. The van der Waals surface area contributed by atoms with E-state index in [1.807, 2.05) is 11.3 Å². The fourth-order valence-corrected chi connectivity index (χ4v) is 12.6. The molecule has 9 aromatic carbocycles. The van der Waals surface area contributed by atoms with Crippen LogP contribution in [0.3, 0.4) is 0 Å². The van der Waals surface area contributed by atoms with E-state index in [4.69, 9.17) is 0 Å². The molecular formula is C58H39NS. The maximum Gasteiger partial charge on any atom is 0.0726 e. The van der Waals surface area contributed by atoms with Gasteiger partial charge in [-0.25, -0.2) is 0 Å². The van der Waals surface area contributed by atoms with Gasteiger partial charge in [0.15, 0.2) is 0 Å². The molecule has 60 heavy (non-hydrogen) atoms. The van der Waals surface area contributed by atoms with E-state index in [1.165, 1.54) is 104 Å². The first-order valence-corrected chi connectivity index (χ1v) is 21.8. The lowest BCUT2D eigenvalue weighted by atomic mass is 9.70. The predicted molar refractivity (Wildman–Crippen MR) is 253 cm³/mol. The van der Waals surface area contributed by atoms with Gasteiger partial charge in [0, 0.05) is 42.5 Å². The molecule has 0 aliphatic heterocycles. The summed E-state index contributed by atoms with van der Waals surface area (Å²) in [6, 6.07) is 75.4. The van der Waals surface area contributed by atoms with Crippen LogP contribution < -0.4 is 4.90 Å². The van der Waals surface area contributed by atoms with Crippen LogP contribution >= 0.6 is 11.3 Å². The van der Waals surface area contributed by atoms with Crippen molar-refractivity contribution in [3.05, 3.63) is 234 Å². The van der Waals surface area contributed by atoms with Crippen LogP contribution in [0, 0.1) is 0 Å². The standard InChI is InChI=1S/C58H39NS/c1-57(2)47-22-8-6-19-46(47)55-51(57)26-14-27-53(55)59(37-31-29-36(30-32-37)39-20-13-21-45-44-18-7-12-28-54(44)60-56(39)45)38-33-34-43-42-17-5-11-25-50(42)58(52(43)35-38)48-23-9-3-15-40(48)41-16-4-10-24-49(41)58/h3-35H,1-2H3. The van der Waals surface area contributed by atoms with Crippen molar-refractivity contribution in [3.8, 4) is 44.5 Å². The van der Waals surface area contributed by atoms with E-state index in [0.717, 1.165) is 11.4 Å². The van der Waals surface area contributed by atoms with Crippen LogP contribution in [0.4, 0.5) is 17.1 Å². The number of fused-ring (bicyclic) bond motifs is 16. The van der Waals surface area contributed by atoms with Gasteiger partial charge in [0.1, 0.15) is 0 Å². The molecule has 3 aliphatic carbocycles. The van der Waals surface area contributed by atoms with Crippen molar-refractivity contribution in [1.82, 2.24) is 0 Å². The first-order chi connectivity index (χ1) is 29.5. The Morgan fingerprint density at radius 2 is 0.900 bits per heavy atom. The van der Waals surface area contributed by atoms with Gasteiger partial charge >= 0.3 is 0 Å². The van der Waals surface area contributed by atoms with Gasteiger partial charge in [-0.1, -0.05) is 178 Å². The second kappa shape index (κ2) is 12.3. The Bertz CT molecular complexity index is 3360. The number of nitrogens with zero attached hydrogens (tertiary/aromatic N) is 1. The fourth-order valence-electron chi connectivity index (χ4n) is 11.3. The summed E-state index contributed by atoms with van der Waals surface area (Å²) in [5.74, 6) is 0. The van der Waals surface area contributed by atoms with Gasteiger partial charge in [-0.2, -0.15) is 0 Å². The molecule has 0 N–H and O–H groups in total. The van der Waals surface area contributed by atoms with E-state index >= 15 is 0 Å². The van der Waals surface area contributed by atoms with Gasteiger partial charge in [0.05, 0.1) is 11.1 Å². The number of thiophene rings is 1. The average molecular weight is 782 g/mol. The molecular weight excluding hydrogens is 743 g/mol. The van der Waals surface area contributed by atoms with Crippen LogP contribution in [0.25, 0.3) is 64.7 Å². The molecule has 1 nitrogen and oxygen atoms in total. The lowest BCUT2D eigenvalue weighted by Crippen LogP contribution is -2.26. The molecule has 0 saturated carbocycles. The largest absolute Gasteiger partial charge is 0.310 e. The fraction of sp³-hybridized carbons (Fsp3) is 0.0690. The second-order valence-electron chi connectivity index (χ2n) is 17.1. The minimum absolute atomic E-state index is 0.124. The molecule has 0 bridgehead atoms. The number of anilines is 3. The molecule has 0 amide bonds. The van der Waals surface area contributed by atoms with Crippen LogP contribution in [0.1, 0.15) is 47.2 Å². The molecule has 10 aromatic rings. The van der Waals surface area contributed by atoms with Crippen LogP contribution in [-0.4, -0.2) is 0 Å². The van der Waals surface area contributed by atoms with Gasteiger partial charge in [0.25, 0.3) is 0 Å². The van der Waals surface area contributed by atoms with Crippen LogP contribution in [0.15, 0.2) is 200 Å². The summed E-state index contributed by atoms with van der Waals surface area (Å²) in [6.45, 7) is 4.75. The second-order valence-corrected chi connectivity index (χ2v) is 18.2. The minimum Gasteiger partial charge on any atom is -0.310 e. The van der Waals surface area contributed by atoms with Crippen LogP contribution in [-0.2, 0) is 10.8 Å². The molecule has 0 saturated heterocycles. The zero-order chi connectivity index (χ0) is 39.7.